The Morgan fingerprint density at radius 2 is 2.25 bits per heavy atom. The van der Waals surface area contributed by atoms with E-state index in [2.05, 4.69) is 10.1 Å². The molecule has 20 heavy (non-hydrogen) atoms. The number of benzene rings is 1. The van der Waals surface area contributed by atoms with Gasteiger partial charge in [0.05, 0.1) is 24.8 Å². The summed E-state index contributed by atoms with van der Waals surface area (Å²) in [7, 11) is 1.18. The van der Waals surface area contributed by atoms with Gasteiger partial charge in [0, 0.05) is 11.8 Å². The van der Waals surface area contributed by atoms with Gasteiger partial charge in [0.2, 0.25) is 0 Å². The van der Waals surface area contributed by atoms with E-state index in [4.69, 9.17) is 4.42 Å². The van der Waals surface area contributed by atoms with Gasteiger partial charge in [-0.3, -0.25) is 10.1 Å². The summed E-state index contributed by atoms with van der Waals surface area (Å²) in [6.45, 7) is 0.408. The molecule has 7 nitrogen and oxygen atoms in total. The number of methoxy groups -OCH3 is 1. The van der Waals surface area contributed by atoms with Crippen LogP contribution >= 0.6 is 0 Å². The monoisotopic (exact) mass is 276 g/mol. The number of rotatable bonds is 5. The molecule has 0 spiro atoms. The predicted octanol–water partition coefficient (Wildman–Crippen LogP) is 2.59. The van der Waals surface area contributed by atoms with E-state index in [1.807, 2.05) is 0 Å². The van der Waals surface area contributed by atoms with Gasteiger partial charge in [0.1, 0.15) is 11.3 Å². The Labute approximate surface area is 114 Å². The number of hydrogen-bond acceptors (Lipinski definition) is 6. The van der Waals surface area contributed by atoms with Crippen molar-refractivity contribution in [2.45, 2.75) is 6.54 Å². The molecule has 0 amide bonds. The summed E-state index contributed by atoms with van der Waals surface area (Å²) in [4.78, 5) is 21.8. The molecular weight excluding hydrogens is 264 g/mol. The van der Waals surface area contributed by atoms with Crippen LogP contribution in [-0.2, 0) is 11.3 Å². The molecule has 0 unspecified atom stereocenters. The van der Waals surface area contributed by atoms with E-state index in [9.17, 15) is 14.9 Å². The second kappa shape index (κ2) is 5.87. The highest BCUT2D eigenvalue weighted by molar-refractivity contribution is 5.95. The number of nitrogens with one attached hydrogen (secondary N) is 1. The topological polar surface area (TPSA) is 94.6 Å². The number of carbonyl (C=O) groups excluding carboxylic acids is 1. The molecule has 0 atom stereocenters. The van der Waals surface area contributed by atoms with Crippen molar-refractivity contribution in [3.63, 3.8) is 0 Å². The average molecular weight is 276 g/mol. The second-order valence-electron chi connectivity index (χ2n) is 3.91. The van der Waals surface area contributed by atoms with Crippen LogP contribution < -0.4 is 5.32 Å². The van der Waals surface area contributed by atoms with Crippen molar-refractivity contribution in [2.75, 3.05) is 12.4 Å². The predicted molar refractivity (Wildman–Crippen MR) is 70.5 cm³/mol. The third-order valence-electron chi connectivity index (χ3n) is 2.65. The summed E-state index contributed by atoms with van der Waals surface area (Å²) < 4.78 is 9.70. The smallest absolute Gasteiger partial charge is 0.344 e. The third-order valence-corrected chi connectivity index (χ3v) is 2.65. The fraction of sp³-hybridized carbons (Fsp3) is 0.154. The number of anilines is 1. The first-order chi connectivity index (χ1) is 9.61. The van der Waals surface area contributed by atoms with Gasteiger partial charge in [-0.2, -0.15) is 0 Å². The first-order valence-corrected chi connectivity index (χ1v) is 5.75. The number of nitro benzene ring substituents is 1. The fourth-order valence-electron chi connectivity index (χ4n) is 1.68. The Morgan fingerprint density at radius 1 is 1.45 bits per heavy atom. The quantitative estimate of drug-likeness (QED) is 0.512. The number of nitrogens with zero attached hydrogens (tertiary/aromatic N) is 1. The minimum atomic E-state index is -0.752. The zero-order valence-corrected chi connectivity index (χ0v) is 10.7. The molecule has 0 aliphatic rings. The zero-order valence-electron chi connectivity index (χ0n) is 10.7. The van der Waals surface area contributed by atoms with Crippen LogP contribution in [0.15, 0.2) is 41.0 Å². The maximum Gasteiger partial charge on any atom is 0.344 e. The van der Waals surface area contributed by atoms with E-state index in [0.717, 1.165) is 0 Å². The molecule has 0 saturated heterocycles. The summed E-state index contributed by atoms with van der Waals surface area (Å²) in [6.07, 6.45) is 1.55. The second-order valence-corrected chi connectivity index (χ2v) is 3.91. The van der Waals surface area contributed by atoms with E-state index in [-0.39, 0.29) is 11.3 Å². The molecule has 0 aliphatic carbocycles. The molecule has 2 aromatic rings. The molecule has 7 heteroatoms. The lowest BCUT2D eigenvalue weighted by molar-refractivity contribution is -0.385. The van der Waals surface area contributed by atoms with Crippen molar-refractivity contribution in [3.05, 3.63) is 58.0 Å². The van der Waals surface area contributed by atoms with Crippen LogP contribution in [0.1, 0.15) is 16.1 Å². The third kappa shape index (κ3) is 2.94. The van der Waals surface area contributed by atoms with Gasteiger partial charge < -0.3 is 14.5 Å². The number of hydrogen-bond donors (Lipinski definition) is 1. The molecule has 1 heterocycles. The summed E-state index contributed by atoms with van der Waals surface area (Å²) in [5.74, 6) is -0.0404. The Balaban J connectivity index is 2.22. The van der Waals surface area contributed by atoms with Gasteiger partial charge in [0.15, 0.2) is 0 Å². The van der Waals surface area contributed by atoms with Crippen molar-refractivity contribution in [1.29, 1.82) is 0 Å². The van der Waals surface area contributed by atoms with Crippen molar-refractivity contribution in [1.82, 2.24) is 0 Å². The molecular formula is C13H12N2O5. The van der Waals surface area contributed by atoms with E-state index >= 15 is 0 Å². The highest BCUT2D eigenvalue weighted by Crippen LogP contribution is 2.23. The first-order valence-electron chi connectivity index (χ1n) is 5.75. The van der Waals surface area contributed by atoms with Crippen molar-refractivity contribution in [2.24, 2.45) is 0 Å². The Kier molecular flexibility index (Phi) is 3.99. The number of carbonyl (C=O) groups is 1. The van der Waals surface area contributed by atoms with Crippen LogP contribution in [0.3, 0.4) is 0 Å². The van der Waals surface area contributed by atoms with Gasteiger partial charge in [0.25, 0.3) is 5.69 Å². The SMILES string of the molecule is COC(=O)c1cc(NCc2ccco2)ccc1[N+](=O)[O-]. The maximum absolute atomic E-state index is 11.6. The molecule has 1 aromatic heterocycles. The molecule has 1 N–H and O–H groups in total. The lowest BCUT2D eigenvalue weighted by Crippen LogP contribution is -2.07. The number of ether oxygens (including phenoxy) is 1. The van der Waals surface area contributed by atoms with Crippen molar-refractivity contribution < 1.29 is 18.9 Å². The number of furan rings is 1. The summed E-state index contributed by atoms with van der Waals surface area (Å²) in [5.41, 5.74) is 0.176. The average Bonchev–Trinajstić information content (AvgIpc) is 2.97. The van der Waals surface area contributed by atoms with Crippen molar-refractivity contribution in [3.8, 4) is 0 Å². The molecule has 0 bridgehead atoms. The summed E-state index contributed by atoms with van der Waals surface area (Å²) in [6, 6.07) is 7.71. The molecule has 0 aliphatic heterocycles. The first kappa shape index (κ1) is 13.6. The highest BCUT2D eigenvalue weighted by Gasteiger charge is 2.21. The van der Waals surface area contributed by atoms with E-state index < -0.39 is 10.9 Å². The van der Waals surface area contributed by atoms with Crippen LogP contribution in [0.2, 0.25) is 0 Å². The molecule has 0 radical (unpaired) electrons. The lowest BCUT2D eigenvalue weighted by Gasteiger charge is -2.07. The number of esters is 1. The van der Waals surface area contributed by atoms with E-state index in [0.29, 0.717) is 18.0 Å². The minimum Gasteiger partial charge on any atom is -0.467 e. The van der Waals surface area contributed by atoms with Crippen LogP contribution in [0, 0.1) is 10.1 Å². The van der Waals surface area contributed by atoms with Gasteiger partial charge in [-0.25, -0.2) is 4.79 Å². The van der Waals surface area contributed by atoms with Gasteiger partial charge in [-0.15, -0.1) is 0 Å². The van der Waals surface area contributed by atoms with E-state index in [1.165, 1.54) is 25.3 Å². The van der Waals surface area contributed by atoms with Gasteiger partial charge >= 0.3 is 5.97 Å². The van der Waals surface area contributed by atoms with Crippen LogP contribution in [-0.4, -0.2) is 18.0 Å². The van der Waals surface area contributed by atoms with Gasteiger partial charge in [-0.1, -0.05) is 0 Å². The molecule has 2 rings (SSSR count). The fourth-order valence-corrected chi connectivity index (χ4v) is 1.68. The lowest BCUT2D eigenvalue weighted by atomic mass is 10.1. The normalized spacial score (nSPS) is 10.1. The van der Waals surface area contributed by atoms with Crippen molar-refractivity contribution >= 4 is 17.3 Å². The van der Waals surface area contributed by atoms with E-state index in [1.54, 1.807) is 18.4 Å². The summed E-state index contributed by atoms with van der Waals surface area (Å²) in [5, 5.41) is 13.9. The minimum absolute atomic E-state index is 0.0954. The maximum atomic E-state index is 11.6. The van der Waals surface area contributed by atoms with Crippen LogP contribution in [0.25, 0.3) is 0 Å². The van der Waals surface area contributed by atoms with Crippen LogP contribution in [0.5, 0.6) is 0 Å². The molecule has 104 valence electrons. The van der Waals surface area contributed by atoms with Crippen LogP contribution in [0.4, 0.5) is 11.4 Å². The zero-order chi connectivity index (χ0) is 14.5. The standard InChI is InChI=1S/C13H12N2O5/c1-19-13(16)11-7-9(4-5-12(11)15(17)18)14-8-10-3-2-6-20-10/h2-7,14H,8H2,1H3. The Hall–Kier alpha value is -2.83. The molecule has 0 fully saturated rings. The largest absolute Gasteiger partial charge is 0.467 e. The molecule has 0 saturated carbocycles. The van der Waals surface area contributed by atoms with Gasteiger partial charge in [-0.05, 0) is 24.3 Å². The summed E-state index contributed by atoms with van der Waals surface area (Å²) >= 11 is 0. The number of nitro groups is 1. The Bertz CT molecular complexity index is 622. The highest BCUT2D eigenvalue weighted by atomic mass is 16.6. The Morgan fingerprint density at radius 3 is 2.85 bits per heavy atom. The molecule has 1 aromatic carbocycles.